The van der Waals surface area contributed by atoms with Gasteiger partial charge in [0.05, 0.1) is 13.2 Å². The van der Waals surface area contributed by atoms with Crippen LogP contribution in [0, 0.1) is 0 Å². The molecule has 1 unspecified atom stereocenters. The summed E-state index contributed by atoms with van der Waals surface area (Å²) in [5.41, 5.74) is 1.87. The summed E-state index contributed by atoms with van der Waals surface area (Å²) in [6.07, 6.45) is 3.06. The van der Waals surface area contributed by atoms with Crippen LogP contribution in [0.2, 0.25) is 0 Å². The number of fused-ring (bicyclic) bond motifs is 1. The normalized spacial score (nSPS) is 22.0. The molecule has 1 aromatic carbocycles. The minimum Gasteiger partial charge on any atom is -0.490 e. The zero-order valence-corrected chi connectivity index (χ0v) is 12.4. The van der Waals surface area contributed by atoms with Crippen molar-refractivity contribution in [2.24, 2.45) is 0 Å². The summed E-state index contributed by atoms with van der Waals surface area (Å²) in [5.74, 6) is 0.832. The molecule has 2 heterocycles. The predicted octanol–water partition coefficient (Wildman–Crippen LogP) is 2.24. The lowest BCUT2D eigenvalue weighted by molar-refractivity contribution is -0.117. The molecule has 0 spiro atoms. The molecule has 5 nitrogen and oxygen atoms in total. The summed E-state index contributed by atoms with van der Waals surface area (Å²) in [7, 11) is 0. The van der Waals surface area contributed by atoms with Crippen LogP contribution in [0.25, 0.3) is 0 Å². The topological polar surface area (TPSA) is 59.6 Å². The van der Waals surface area contributed by atoms with Crippen LogP contribution in [0.5, 0.6) is 5.75 Å². The Morgan fingerprint density at radius 2 is 2.19 bits per heavy atom. The lowest BCUT2D eigenvalue weighted by Gasteiger charge is -2.23. The van der Waals surface area contributed by atoms with Crippen molar-refractivity contribution in [1.29, 1.82) is 0 Å². The number of hydrogen-bond donors (Lipinski definition) is 2. The van der Waals surface area contributed by atoms with Gasteiger partial charge in [-0.2, -0.15) is 0 Å². The van der Waals surface area contributed by atoms with Gasteiger partial charge in [0.15, 0.2) is 0 Å². The second-order valence-corrected chi connectivity index (χ2v) is 5.56. The molecule has 2 aliphatic rings. The molecule has 0 bridgehead atoms. The van der Waals surface area contributed by atoms with Crippen LogP contribution in [0.4, 0.5) is 5.69 Å². The highest BCUT2D eigenvalue weighted by Crippen LogP contribution is 2.34. The van der Waals surface area contributed by atoms with Crippen LogP contribution in [0.15, 0.2) is 18.2 Å². The van der Waals surface area contributed by atoms with E-state index in [1.807, 2.05) is 18.2 Å². The van der Waals surface area contributed by atoms with Crippen LogP contribution in [0.1, 0.15) is 37.8 Å². The Hall–Kier alpha value is -1.59. The maximum Gasteiger partial charge on any atom is 0.246 e. The van der Waals surface area contributed by atoms with Gasteiger partial charge in [-0.25, -0.2) is 0 Å². The average Bonchev–Trinajstić information content (AvgIpc) is 2.81. The molecule has 0 saturated carbocycles. The number of carbonyl (C=O) groups excluding carboxylic acids is 1. The monoisotopic (exact) mass is 290 g/mol. The van der Waals surface area contributed by atoms with Crippen molar-refractivity contribution in [3.63, 3.8) is 0 Å². The maximum atomic E-state index is 12.0. The standard InChI is InChI=1S/C16H22N2O3/c1-2-7-17-15-13-4-3-12(10-14(13)18-16(15)19)21-11-5-8-20-9-6-11/h3-4,10-11,15,17H,2,5-9H2,1H3,(H,18,19). The average molecular weight is 290 g/mol. The van der Waals surface area contributed by atoms with Gasteiger partial charge in [0.1, 0.15) is 17.9 Å². The van der Waals surface area contributed by atoms with E-state index >= 15 is 0 Å². The third-order valence-corrected chi connectivity index (χ3v) is 3.93. The van der Waals surface area contributed by atoms with Gasteiger partial charge in [-0.1, -0.05) is 13.0 Å². The van der Waals surface area contributed by atoms with Gasteiger partial charge in [0.2, 0.25) is 5.91 Å². The summed E-state index contributed by atoms with van der Waals surface area (Å²) in [5, 5.41) is 6.20. The molecule has 1 aromatic rings. The zero-order chi connectivity index (χ0) is 14.7. The lowest BCUT2D eigenvalue weighted by atomic mass is 10.1. The summed E-state index contributed by atoms with van der Waals surface area (Å²) >= 11 is 0. The molecule has 5 heteroatoms. The molecule has 1 fully saturated rings. The van der Waals surface area contributed by atoms with Gasteiger partial charge in [0.25, 0.3) is 0 Å². The smallest absolute Gasteiger partial charge is 0.246 e. The third kappa shape index (κ3) is 3.19. The SMILES string of the molecule is CCCNC1C(=O)Nc2cc(OC3CCOCC3)ccc21. The number of nitrogens with one attached hydrogen (secondary N) is 2. The zero-order valence-electron chi connectivity index (χ0n) is 12.4. The summed E-state index contributed by atoms with van der Waals surface area (Å²) in [6.45, 7) is 4.44. The minimum absolute atomic E-state index is 0.0154. The number of benzene rings is 1. The number of amides is 1. The van der Waals surface area contributed by atoms with Crippen LogP contribution in [0.3, 0.4) is 0 Å². The highest BCUT2D eigenvalue weighted by atomic mass is 16.5. The molecule has 2 aliphatic heterocycles. The number of anilines is 1. The van der Waals surface area contributed by atoms with Crippen molar-refractivity contribution in [3.8, 4) is 5.75 Å². The Balaban J connectivity index is 1.70. The van der Waals surface area contributed by atoms with Gasteiger partial charge in [0, 0.05) is 30.2 Å². The first-order chi connectivity index (χ1) is 10.3. The molecule has 0 aliphatic carbocycles. The molecule has 2 N–H and O–H groups in total. The predicted molar refractivity (Wildman–Crippen MR) is 80.6 cm³/mol. The summed E-state index contributed by atoms with van der Waals surface area (Å²) in [4.78, 5) is 12.0. The first-order valence-corrected chi connectivity index (χ1v) is 7.70. The molecule has 0 radical (unpaired) electrons. The van der Waals surface area contributed by atoms with E-state index < -0.39 is 0 Å². The van der Waals surface area contributed by atoms with E-state index in [0.717, 1.165) is 56.0 Å². The fourth-order valence-electron chi connectivity index (χ4n) is 2.79. The second-order valence-electron chi connectivity index (χ2n) is 5.56. The highest BCUT2D eigenvalue weighted by molar-refractivity contribution is 6.02. The summed E-state index contributed by atoms with van der Waals surface area (Å²) in [6, 6.07) is 5.62. The molecule has 1 atom stereocenters. The van der Waals surface area contributed by atoms with E-state index in [-0.39, 0.29) is 18.1 Å². The van der Waals surface area contributed by atoms with Gasteiger partial charge in [-0.3, -0.25) is 4.79 Å². The first-order valence-electron chi connectivity index (χ1n) is 7.70. The molecule has 3 rings (SSSR count). The number of rotatable bonds is 5. The van der Waals surface area contributed by atoms with Crippen LogP contribution >= 0.6 is 0 Å². The minimum atomic E-state index is -0.239. The van der Waals surface area contributed by atoms with Gasteiger partial charge in [-0.15, -0.1) is 0 Å². The van der Waals surface area contributed by atoms with Gasteiger partial charge >= 0.3 is 0 Å². The Labute approximate surface area is 125 Å². The van der Waals surface area contributed by atoms with Crippen molar-refractivity contribution < 1.29 is 14.3 Å². The van der Waals surface area contributed by atoms with Gasteiger partial charge < -0.3 is 20.1 Å². The number of hydrogen-bond acceptors (Lipinski definition) is 4. The largest absolute Gasteiger partial charge is 0.490 e. The van der Waals surface area contributed by atoms with Gasteiger partial charge in [-0.05, 0) is 19.0 Å². The van der Waals surface area contributed by atoms with Crippen molar-refractivity contribution in [2.75, 3.05) is 25.1 Å². The van der Waals surface area contributed by atoms with Crippen molar-refractivity contribution in [2.45, 2.75) is 38.3 Å². The Kier molecular flexibility index (Phi) is 4.41. The quantitative estimate of drug-likeness (QED) is 0.873. The van der Waals surface area contributed by atoms with Crippen LogP contribution in [-0.2, 0) is 9.53 Å². The van der Waals surface area contributed by atoms with E-state index in [4.69, 9.17) is 9.47 Å². The Morgan fingerprint density at radius 3 is 2.95 bits per heavy atom. The molecular formula is C16H22N2O3. The lowest BCUT2D eigenvalue weighted by Crippen LogP contribution is -2.27. The fourth-order valence-corrected chi connectivity index (χ4v) is 2.79. The number of carbonyl (C=O) groups is 1. The Bertz CT molecular complexity index is 512. The van der Waals surface area contributed by atoms with Crippen molar-refractivity contribution in [3.05, 3.63) is 23.8 Å². The van der Waals surface area contributed by atoms with E-state index in [2.05, 4.69) is 17.6 Å². The summed E-state index contributed by atoms with van der Waals surface area (Å²) < 4.78 is 11.3. The third-order valence-electron chi connectivity index (χ3n) is 3.93. The van der Waals surface area contributed by atoms with E-state index in [1.54, 1.807) is 0 Å². The van der Waals surface area contributed by atoms with Crippen molar-refractivity contribution >= 4 is 11.6 Å². The first kappa shape index (κ1) is 14.4. The fraction of sp³-hybridized carbons (Fsp3) is 0.562. The Morgan fingerprint density at radius 1 is 1.38 bits per heavy atom. The van der Waals surface area contributed by atoms with Crippen molar-refractivity contribution in [1.82, 2.24) is 5.32 Å². The van der Waals surface area contributed by atoms with E-state index in [9.17, 15) is 4.79 Å². The second kappa shape index (κ2) is 6.45. The molecule has 114 valence electrons. The molecule has 0 aromatic heterocycles. The number of ether oxygens (including phenoxy) is 2. The molecule has 1 amide bonds. The maximum absolute atomic E-state index is 12.0. The van der Waals surface area contributed by atoms with Crippen LogP contribution < -0.4 is 15.4 Å². The highest BCUT2D eigenvalue weighted by Gasteiger charge is 2.30. The molecular weight excluding hydrogens is 268 g/mol. The van der Waals surface area contributed by atoms with E-state index in [0.29, 0.717) is 0 Å². The van der Waals surface area contributed by atoms with E-state index in [1.165, 1.54) is 0 Å². The van der Waals surface area contributed by atoms with Crippen LogP contribution in [-0.4, -0.2) is 31.8 Å². The molecule has 21 heavy (non-hydrogen) atoms. The molecule has 1 saturated heterocycles.